The average molecular weight is 403 g/mol. The molecule has 0 aliphatic heterocycles. The topological polar surface area (TPSA) is 38.3 Å². The maximum Gasteiger partial charge on any atom is 0.261 e. The molecule has 0 bridgehead atoms. The lowest BCUT2D eigenvalue weighted by atomic mass is 10.2. The highest BCUT2D eigenvalue weighted by Gasteiger charge is 2.16. The second-order valence-electron chi connectivity index (χ2n) is 4.64. The normalized spacial score (nSPS) is 11.8. The number of carbonyl (C=O) groups excluding carboxylic acids is 1. The molecule has 1 atom stereocenters. The second-order valence-corrected chi connectivity index (χ2v) is 6.34. The summed E-state index contributed by atoms with van der Waals surface area (Å²) in [6.07, 6.45) is -0.639. The second kappa shape index (κ2) is 7.86. The third-order valence-electron chi connectivity index (χ3n) is 2.98. The smallest absolute Gasteiger partial charge is 0.261 e. The molecule has 0 aliphatic rings. The van der Waals surface area contributed by atoms with Gasteiger partial charge in [-0.05, 0) is 52.7 Å². The summed E-state index contributed by atoms with van der Waals surface area (Å²) < 4.78 is 6.33. The number of hydrogen-bond acceptors (Lipinski definition) is 2. The van der Waals surface area contributed by atoms with Crippen molar-refractivity contribution in [3.8, 4) is 5.75 Å². The first-order valence-corrected chi connectivity index (χ1v) is 8.15. The Morgan fingerprint density at radius 2 is 2.00 bits per heavy atom. The van der Waals surface area contributed by atoms with Gasteiger partial charge in [0.2, 0.25) is 0 Å². The molecule has 2 aromatic rings. The molecule has 0 saturated heterocycles. The Kier molecular flexibility index (Phi) is 6.12. The van der Waals surface area contributed by atoms with E-state index in [4.69, 9.17) is 27.9 Å². The largest absolute Gasteiger partial charge is 0.480 e. The zero-order chi connectivity index (χ0) is 16.1. The van der Waals surface area contributed by atoms with Gasteiger partial charge in [-0.25, -0.2) is 0 Å². The Morgan fingerprint density at radius 1 is 1.27 bits per heavy atom. The van der Waals surface area contributed by atoms with Crippen LogP contribution in [0.15, 0.2) is 46.9 Å². The molecule has 0 fully saturated rings. The molecule has 6 heteroatoms. The number of carbonyl (C=O) groups is 1. The van der Waals surface area contributed by atoms with E-state index in [2.05, 4.69) is 21.2 Å². The van der Waals surface area contributed by atoms with Gasteiger partial charge < -0.3 is 10.1 Å². The molecular formula is C16H14BrCl2NO2. The van der Waals surface area contributed by atoms with E-state index < -0.39 is 6.10 Å². The summed E-state index contributed by atoms with van der Waals surface area (Å²) in [5.74, 6) is 0.339. The van der Waals surface area contributed by atoms with Crippen molar-refractivity contribution in [3.63, 3.8) is 0 Å². The third-order valence-corrected chi connectivity index (χ3v) is 4.20. The van der Waals surface area contributed by atoms with Crippen molar-refractivity contribution in [1.82, 2.24) is 5.32 Å². The molecule has 3 nitrogen and oxygen atoms in total. The summed E-state index contributed by atoms with van der Waals surface area (Å²) in [6.45, 7) is 2.04. The van der Waals surface area contributed by atoms with E-state index in [9.17, 15) is 4.79 Å². The van der Waals surface area contributed by atoms with Crippen LogP contribution in [-0.4, -0.2) is 12.0 Å². The molecule has 22 heavy (non-hydrogen) atoms. The first-order valence-electron chi connectivity index (χ1n) is 6.60. The monoisotopic (exact) mass is 401 g/mol. The van der Waals surface area contributed by atoms with Crippen LogP contribution in [-0.2, 0) is 11.3 Å². The summed E-state index contributed by atoms with van der Waals surface area (Å²) in [6, 6.07) is 12.5. The predicted octanol–water partition coefficient (Wildman–Crippen LogP) is 4.84. The lowest BCUT2D eigenvalue weighted by molar-refractivity contribution is -0.127. The number of benzene rings is 2. The quantitative estimate of drug-likeness (QED) is 0.776. The molecular weight excluding hydrogens is 389 g/mol. The molecule has 0 aromatic heterocycles. The fourth-order valence-electron chi connectivity index (χ4n) is 1.78. The van der Waals surface area contributed by atoms with Crippen LogP contribution in [0.5, 0.6) is 5.75 Å². The highest BCUT2D eigenvalue weighted by atomic mass is 79.9. The first-order chi connectivity index (χ1) is 10.5. The highest BCUT2D eigenvalue weighted by molar-refractivity contribution is 9.10. The number of rotatable bonds is 5. The summed E-state index contributed by atoms with van der Waals surface area (Å²) in [7, 11) is 0. The van der Waals surface area contributed by atoms with Gasteiger partial charge in [0.1, 0.15) is 5.75 Å². The highest BCUT2D eigenvalue weighted by Crippen LogP contribution is 2.28. The fourth-order valence-corrected chi connectivity index (χ4v) is 2.76. The Balaban J connectivity index is 1.93. The van der Waals surface area contributed by atoms with E-state index in [1.54, 1.807) is 31.2 Å². The number of hydrogen-bond donors (Lipinski definition) is 1. The van der Waals surface area contributed by atoms with Crippen LogP contribution in [0.25, 0.3) is 0 Å². The van der Waals surface area contributed by atoms with Gasteiger partial charge in [0, 0.05) is 16.6 Å². The number of amides is 1. The molecule has 0 spiro atoms. The van der Waals surface area contributed by atoms with Crippen LogP contribution in [0.4, 0.5) is 0 Å². The van der Waals surface area contributed by atoms with Crippen LogP contribution in [0.3, 0.4) is 0 Å². The third kappa shape index (κ3) is 4.63. The maximum absolute atomic E-state index is 12.1. The van der Waals surface area contributed by atoms with Crippen molar-refractivity contribution >= 4 is 45.0 Å². The van der Waals surface area contributed by atoms with Crippen LogP contribution in [0, 0.1) is 0 Å². The van der Waals surface area contributed by atoms with Crippen LogP contribution >= 0.6 is 39.1 Å². The van der Waals surface area contributed by atoms with Crippen LogP contribution < -0.4 is 10.1 Å². The van der Waals surface area contributed by atoms with Gasteiger partial charge in [-0.3, -0.25) is 4.79 Å². The van der Waals surface area contributed by atoms with Crippen molar-refractivity contribution in [3.05, 3.63) is 62.5 Å². The molecule has 2 rings (SSSR count). The van der Waals surface area contributed by atoms with Crippen molar-refractivity contribution < 1.29 is 9.53 Å². The lowest BCUT2D eigenvalue weighted by Crippen LogP contribution is -2.36. The molecule has 0 radical (unpaired) electrons. The summed E-state index contributed by atoms with van der Waals surface area (Å²) in [5, 5.41) is 4.02. The molecule has 116 valence electrons. The van der Waals surface area contributed by atoms with Gasteiger partial charge in [0.05, 0.1) is 4.47 Å². The standard InChI is InChI=1S/C16H14BrCl2NO2/c1-10(22-15-7-6-12(18)8-13(15)17)16(21)20-9-11-4-2-3-5-14(11)19/h2-8,10H,9H2,1H3,(H,20,21). The Morgan fingerprint density at radius 3 is 2.68 bits per heavy atom. The summed E-state index contributed by atoms with van der Waals surface area (Å²) in [4.78, 5) is 12.1. The van der Waals surface area contributed by atoms with E-state index in [-0.39, 0.29) is 5.91 Å². The minimum absolute atomic E-state index is 0.221. The van der Waals surface area contributed by atoms with Gasteiger partial charge in [0.15, 0.2) is 6.10 Å². The molecule has 1 amide bonds. The number of ether oxygens (including phenoxy) is 1. The number of halogens is 3. The Bertz CT molecular complexity index is 679. The van der Waals surface area contributed by atoms with Crippen molar-refractivity contribution in [1.29, 1.82) is 0 Å². The van der Waals surface area contributed by atoms with Crippen molar-refractivity contribution in [2.45, 2.75) is 19.6 Å². The van der Waals surface area contributed by atoms with Gasteiger partial charge in [-0.1, -0.05) is 41.4 Å². The molecule has 0 saturated carbocycles. The Labute approximate surface area is 147 Å². The zero-order valence-electron chi connectivity index (χ0n) is 11.8. The summed E-state index contributed by atoms with van der Waals surface area (Å²) in [5.41, 5.74) is 0.859. The van der Waals surface area contributed by atoms with Crippen LogP contribution in [0.1, 0.15) is 12.5 Å². The lowest BCUT2D eigenvalue weighted by Gasteiger charge is -2.16. The van der Waals surface area contributed by atoms with E-state index in [1.807, 2.05) is 18.2 Å². The SMILES string of the molecule is CC(Oc1ccc(Cl)cc1Br)C(=O)NCc1ccccc1Cl. The van der Waals surface area contributed by atoms with Gasteiger partial charge >= 0.3 is 0 Å². The maximum atomic E-state index is 12.1. The molecule has 0 aliphatic carbocycles. The summed E-state index contributed by atoms with van der Waals surface area (Å²) >= 11 is 15.3. The average Bonchev–Trinajstić information content (AvgIpc) is 2.49. The molecule has 1 unspecified atom stereocenters. The predicted molar refractivity (Wildman–Crippen MR) is 92.5 cm³/mol. The number of nitrogens with one attached hydrogen (secondary N) is 1. The molecule has 2 aromatic carbocycles. The molecule has 1 N–H and O–H groups in total. The van der Waals surface area contributed by atoms with E-state index in [1.165, 1.54) is 0 Å². The van der Waals surface area contributed by atoms with E-state index in [0.717, 1.165) is 5.56 Å². The zero-order valence-corrected chi connectivity index (χ0v) is 14.9. The first kappa shape index (κ1) is 17.1. The fraction of sp³-hybridized carbons (Fsp3) is 0.188. The van der Waals surface area contributed by atoms with Gasteiger partial charge in [0.25, 0.3) is 5.91 Å². The van der Waals surface area contributed by atoms with E-state index >= 15 is 0 Å². The minimum Gasteiger partial charge on any atom is -0.480 e. The Hall–Kier alpha value is -1.23. The van der Waals surface area contributed by atoms with E-state index in [0.29, 0.717) is 26.8 Å². The van der Waals surface area contributed by atoms with Gasteiger partial charge in [-0.15, -0.1) is 0 Å². The minimum atomic E-state index is -0.639. The van der Waals surface area contributed by atoms with Crippen LogP contribution in [0.2, 0.25) is 10.0 Å². The van der Waals surface area contributed by atoms with Crippen molar-refractivity contribution in [2.24, 2.45) is 0 Å². The molecule has 0 heterocycles. The van der Waals surface area contributed by atoms with Gasteiger partial charge in [-0.2, -0.15) is 0 Å². The van der Waals surface area contributed by atoms with Crippen molar-refractivity contribution in [2.75, 3.05) is 0 Å².